The lowest BCUT2D eigenvalue weighted by Crippen LogP contribution is -2.26. The minimum absolute atomic E-state index is 0.128. The van der Waals surface area contributed by atoms with Crippen molar-refractivity contribution in [1.29, 1.82) is 0 Å². The van der Waals surface area contributed by atoms with Crippen LogP contribution in [0.1, 0.15) is 18.9 Å². The van der Waals surface area contributed by atoms with E-state index in [4.69, 9.17) is 16.7 Å². The Balaban J connectivity index is 2.54. The zero-order chi connectivity index (χ0) is 11.3. The topological polar surface area (TPSA) is 52.5 Å². The maximum Gasteiger partial charge on any atom is 0.138 e. The number of benzene rings is 1. The van der Waals surface area contributed by atoms with Crippen molar-refractivity contribution in [2.24, 2.45) is 0 Å². The molecule has 0 radical (unpaired) electrons. The molecule has 1 rings (SSSR count). The van der Waals surface area contributed by atoms with Crippen LogP contribution in [-0.2, 0) is 6.54 Å². The zero-order valence-corrected chi connectivity index (χ0v) is 9.46. The van der Waals surface area contributed by atoms with E-state index in [1.54, 1.807) is 12.1 Å². The first-order chi connectivity index (χ1) is 7.15. The molecule has 1 atom stereocenters. The third kappa shape index (κ3) is 3.70. The fourth-order valence-electron chi connectivity index (χ4n) is 1.28. The van der Waals surface area contributed by atoms with Crippen molar-refractivity contribution in [3.8, 4) is 5.75 Å². The largest absolute Gasteiger partial charge is 0.506 e. The molecule has 1 aromatic rings. The number of para-hydroxylation sites is 1. The van der Waals surface area contributed by atoms with Gasteiger partial charge in [0.2, 0.25) is 0 Å². The molecular weight excluding hydrogens is 214 g/mol. The summed E-state index contributed by atoms with van der Waals surface area (Å²) in [5, 5.41) is 21.9. The van der Waals surface area contributed by atoms with Gasteiger partial charge in [-0.05, 0) is 19.4 Å². The lowest BCUT2D eigenvalue weighted by Gasteiger charge is -2.13. The van der Waals surface area contributed by atoms with Crippen molar-refractivity contribution in [3.63, 3.8) is 0 Å². The molecule has 0 saturated heterocycles. The smallest absolute Gasteiger partial charge is 0.138 e. The van der Waals surface area contributed by atoms with E-state index >= 15 is 0 Å². The summed E-state index contributed by atoms with van der Waals surface area (Å²) in [6.45, 7) is 2.70. The molecule has 0 heterocycles. The van der Waals surface area contributed by atoms with Crippen LogP contribution in [0.4, 0.5) is 0 Å². The molecule has 1 aromatic carbocycles. The molecule has 0 bridgehead atoms. The highest BCUT2D eigenvalue weighted by molar-refractivity contribution is 6.32. The van der Waals surface area contributed by atoms with E-state index < -0.39 is 0 Å². The SMILES string of the molecule is CC(CCO)NCc1cccc(Cl)c1O. The van der Waals surface area contributed by atoms with Crippen LogP contribution >= 0.6 is 11.6 Å². The number of phenols is 1. The van der Waals surface area contributed by atoms with Gasteiger partial charge in [0.25, 0.3) is 0 Å². The van der Waals surface area contributed by atoms with E-state index in [2.05, 4.69) is 5.32 Å². The molecule has 3 nitrogen and oxygen atoms in total. The second-order valence-corrected chi connectivity index (χ2v) is 3.95. The normalized spacial score (nSPS) is 12.7. The van der Waals surface area contributed by atoms with Crippen molar-refractivity contribution in [2.45, 2.75) is 25.9 Å². The van der Waals surface area contributed by atoms with E-state index in [1.165, 1.54) is 0 Å². The van der Waals surface area contributed by atoms with Crippen LogP contribution in [0.5, 0.6) is 5.75 Å². The maximum atomic E-state index is 9.62. The number of rotatable bonds is 5. The number of aromatic hydroxyl groups is 1. The molecule has 84 valence electrons. The second-order valence-electron chi connectivity index (χ2n) is 3.54. The predicted molar refractivity (Wildman–Crippen MR) is 61.1 cm³/mol. The van der Waals surface area contributed by atoms with Gasteiger partial charge in [-0.25, -0.2) is 0 Å². The van der Waals surface area contributed by atoms with E-state index in [0.717, 1.165) is 5.56 Å². The Morgan fingerprint density at radius 1 is 1.47 bits per heavy atom. The number of hydrogen-bond donors (Lipinski definition) is 3. The first kappa shape index (κ1) is 12.3. The van der Waals surface area contributed by atoms with Crippen LogP contribution in [0.15, 0.2) is 18.2 Å². The van der Waals surface area contributed by atoms with Gasteiger partial charge in [0.05, 0.1) is 5.02 Å². The molecule has 1 unspecified atom stereocenters. The standard InChI is InChI=1S/C11H16ClNO2/c1-8(5-6-14)13-7-9-3-2-4-10(12)11(9)15/h2-4,8,13-15H,5-7H2,1H3. The van der Waals surface area contributed by atoms with Gasteiger partial charge in [0.1, 0.15) is 5.75 Å². The van der Waals surface area contributed by atoms with Crippen LogP contribution in [0, 0.1) is 0 Å². The number of nitrogens with one attached hydrogen (secondary N) is 1. The fourth-order valence-corrected chi connectivity index (χ4v) is 1.48. The highest BCUT2D eigenvalue weighted by atomic mass is 35.5. The van der Waals surface area contributed by atoms with E-state index in [1.807, 2.05) is 13.0 Å². The Bertz CT molecular complexity index is 317. The summed E-state index contributed by atoms with van der Waals surface area (Å²) >= 11 is 5.77. The van der Waals surface area contributed by atoms with Crippen LogP contribution in [0.2, 0.25) is 5.02 Å². The first-order valence-electron chi connectivity index (χ1n) is 4.95. The second kappa shape index (κ2) is 5.95. The molecule has 0 aliphatic carbocycles. The highest BCUT2D eigenvalue weighted by Crippen LogP contribution is 2.26. The molecular formula is C11H16ClNO2. The molecule has 0 aliphatic rings. The Morgan fingerprint density at radius 3 is 2.87 bits per heavy atom. The number of halogens is 1. The van der Waals surface area contributed by atoms with Crippen molar-refractivity contribution >= 4 is 11.6 Å². The summed E-state index contributed by atoms with van der Waals surface area (Å²) in [7, 11) is 0. The maximum absolute atomic E-state index is 9.62. The highest BCUT2D eigenvalue weighted by Gasteiger charge is 2.06. The molecule has 3 N–H and O–H groups in total. The molecule has 4 heteroatoms. The third-order valence-electron chi connectivity index (χ3n) is 2.27. The summed E-state index contributed by atoms with van der Waals surface area (Å²) in [4.78, 5) is 0. The van der Waals surface area contributed by atoms with Gasteiger partial charge in [0.15, 0.2) is 0 Å². The van der Waals surface area contributed by atoms with Gasteiger partial charge in [-0.1, -0.05) is 23.7 Å². The average molecular weight is 230 g/mol. The van der Waals surface area contributed by atoms with Crippen LogP contribution in [0.3, 0.4) is 0 Å². The molecule has 0 saturated carbocycles. The van der Waals surface area contributed by atoms with E-state index in [0.29, 0.717) is 18.0 Å². The van der Waals surface area contributed by atoms with Crippen LogP contribution in [-0.4, -0.2) is 22.9 Å². The minimum Gasteiger partial charge on any atom is -0.506 e. The number of aliphatic hydroxyl groups is 1. The molecule has 0 aromatic heterocycles. The van der Waals surface area contributed by atoms with Gasteiger partial charge < -0.3 is 15.5 Å². The number of phenolic OH excluding ortho intramolecular Hbond substituents is 1. The quantitative estimate of drug-likeness (QED) is 0.723. The Kier molecular flexibility index (Phi) is 4.88. The lowest BCUT2D eigenvalue weighted by atomic mass is 10.1. The molecule has 0 amide bonds. The predicted octanol–water partition coefficient (Wildman–Crippen LogP) is 1.91. The summed E-state index contributed by atoms with van der Waals surface area (Å²) < 4.78 is 0. The van der Waals surface area contributed by atoms with Gasteiger partial charge in [-0.2, -0.15) is 0 Å². The molecule has 0 fully saturated rings. The Morgan fingerprint density at radius 2 is 2.20 bits per heavy atom. The van der Waals surface area contributed by atoms with Crippen molar-refractivity contribution in [1.82, 2.24) is 5.32 Å². The zero-order valence-electron chi connectivity index (χ0n) is 8.70. The van der Waals surface area contributed by atoms with Gasteiger partial charge in [0, 0.05) is 24.8 Å². The average Bonchev–Trinajstić information content (AvgIpc) is 2.21. The Labute approximate surface area is 94.7 Å². The van der Waals surface area contributed by atoms with Crippen molar-refractivity contribution in [3.05, 3.63) is 28.8 Å². The summed E-state index contributed by atoms with van der Waals surface area (Å²) in [6.07, 6.45) is 0.696. The van der Waals surface area contributed by atoms with E-state index in [-0.39, 0.29) is 18.4 Å². The number of aliphatic hydroxyl groups excluding tert-OH is 1. The first-order valence-corrected chi connectivity index (χ1v) is 5.33. The third-order valence-corrected chi connectivity index (χ3v) is 2.58. The molecule has 0 spiro atoms. The fraction of sp³-hybridized carbons (Fsp3) is 0.455. The molecule has 0 aliphatic heterocycles. The van der Waals surface area contributed by atoms with Crippen molar-refractivity contribution in [2.75, 3.05) is 6.61 Å². The minimum atomic E-state index is 0.128. The monoisotopic (exact) mass is 229 g/mol. The van der Waals surface area contributed by atoms with Crippen LogP contribution in [0.25, 0.3) is 0 Å². The molecule has 15 heavy (non-hydrogen) atoms. The van der Waals surface area contributed by atoms with Crippen LogP contribution < -0.4 is 5.32 Å². The van der Waals surface area contributed by atoms with E-state index in [9.17, 15) is 5.11 Å². The van der Waals surface area contributed by atoms with Gasteiger partial charge >= 0.3 is 0 Å². The number of hydrogen-bond acceptors (Lipinski definition) is 3. The Hall–Kier alpha value is -0.770. The summed E-state index contributed by atoms with van der Waals surface area (Å²) in [5.41, 5.74) is 0.771. The lowest BCUT2D eigenvalue weighted by molar-refractivity contribution is 0.268. The summed E-state index contributed by atoms with van der Waals surface area (Å²) in [5.74, 6) is 0.128. The summed E-state index contributed by atoms with van der Waals surface area (Å²) in [6, 6.07) is 5.49. The van der Waals surface area contributed by atoms with Crippen molar-refractivity contribution < 1.29 is 10.2 Å². The van der Waals surface area contributed by atoms with Gasteiger partial charge in [-0.15, -0.1) is 0 Å². The van der Waals surface area contributed by atoms with Gasteiger partial charge in [-0.3, -0.25) is 0 Å².